The molecule has 1 aromatic heterocycles. The van der Waals surface area contributed by atoms with E-state index in [1.165, 1.54) is 25.7 Å². The van der Waals surface area contributed by atoms with Crippen LogP contribution in [0.4, 0.5) is 5.82 Å². The van der Waals surface area contributed by atoms with Gasteiger partial charge in [-0.15, -0.1) is 0 Å². The predicted octanol–water partition coefficient (Wildman–Crippen LogP) is 4.52. The number of aryl methyl sites for hydroxylation is 1. The summed E-state index contributed by atoms with van der Waals surface area (Å²) in [6.45, 7) is 8.52. The quantitative estimate of drug-likeness (QED) is 0.644. The molecule has 1 unspecified atom stereocenters. The van der Waals surface area contributed by atoms with Crippen LogP contribution in [0.2, 0.25) is 0 Å². The third kappa shape index (κ3) is 5.90. The molecule has 0 aromatic carbocycles. The zero-order valence-electron chi connectivity index (χ0n) is 14.3. The van der Waals surface area contributed by atoms with E-state index in [0.29, 0.717) is 0 Å². The van der Waals surface area contributed by atoms with Crippen LogP contribution in [0.1, 0.15) is 70.7 Å². The summed E-state index contributed by atoms with van der Waals surface area (Å²) in [7, 11) is 1.89. The summed E-state index contributed by atoms with van der Waals surface area (Å²) in [4.78, 5) is 9.11. The molecule has 0 aliphatic heterocycles. The Kier molecular flexibility index (Phi) is 8.09. The molecule has 1 aromatic rings. The van der Waals surface area contributed by atoms with Crippen LogP contribution in [-0.2, 0) is 6.42 Å². The molecule has 1 atom stereocenters. The largest absolute Gasteiger partial charge is 0.474 e. The van der Waals surface area contributed by atoms with Crippen molar-refractivity contribution in [2.24, 2.45) is 0 Å². The van der Waals surface area contributed by atoms with Crippen LogP contribution in [0.3, 0.4) is 0 Å². The number of hydrogen-bond donors (Lipinski definition) is 1. The summed E-state index contributed by atoms with van der Waals surface area (Å²) in [5.41, 5.74) is 0.998. The number of nitrogens with zero attached hydrogens (tertiary/aromatic N) is 2. The topological polar surface area (TPSA) is 47.0 Å². The average Bonchev–Trinajstić information content (AvgIpc) is 2.47. The molecule has 0 amide bonds. The summed E-state index contributed by atoms with van der Waals surface area (Å²) in [6.07, 6.45) is 8.30. The van der Waals surface area contributed by atoms with Gasteiger partial charge in [-0.25, -0.2) is 4.98 Å². The summed E-state index contributed by atoms with van der Waals surface area (Å²) < 4.78 is 6.06. The van der Waals surface area contributed by atoms with Crippen LogP contribution in [0.5, 0.6) is 5.88 Å². The Morgan fingerprint density at radius 2 is 1.86 bits per heavy atom. The molecular weight excluding hydrogens is 262 g/mol. The number of nitrogens with one attached hydrogen (secondary N) is 1. The maximum absolute atomic E-state index is 6.06. The average molecular weight is 293 g/mol. The van der Waals surface area contributed by atoms with Crippen LogP contribution in [0, 0.1) is 6.92 Å². The smallest absolute Gasteiger partial charge is 0.222 e. The molecule has 0 aliphatic rings. The van der Waals surface area contributed by atoms with E-state index >= 15 is 0 Å². The van der Waals surface area contributed by atoms with Crippen molar-refractivity contribution in [2.75, 3.05) is 12.4 Å². The molecule has 120 valence electrons. The normalized spacial score (nSPS) is 12.2. The van der Waals surface area contributed by atoms with Crippen LogP contribution >= 0.6 is 0 Å². The molecular formula is C17H31N3O. The van der Waals surface area contributed by atoms with Gasteiger partial charge in [0.05, 0.1) is 11.7 Å². The van der Waals surface area contributed by atoms with E-state index in [9.17, 15) is 0 Å². The molecule has 0 radical (unpaired) electrons. The zero-order chi connectivity index (χ0) is 15.7. The van der Waals surface area contributed by atoms with Gasteiger partial charge in [0.15, 0.2) is 0 Å². The highest BCUT2D eigenvalue weighted by Gasteiger charge is 2.13. The Hall–Kier alpha value is -1.32. The Balaban J connectivity index is 2.69. The SMILES string of the molecule is CCCCCCC(C)Oc1nc(CCC)nc(NC)c1C. The standard InChI is InChI=1S/C17H31N3O/c1-6-8-9-10-12-13(3)21-17-14(4)16(18-5)19-15(20-17)11-7-2/h13H,6-12H2,1-5H3,(H,18,19,20). The molecule has 1 N–H and O–H groups in total. The van der Waals surface area contributed by atoms with Crippen molar-refractivity contribution in [3.8, 4) is 5.88 Å². The van der Waals surface area contributed by atoms with E-state index in [0.717, 1.165) is 42.3 Å². The Bertz CT molecular complexity index is 421. The van der Waals surface area contributed by atoms with E-state index in [2.05, 4.69) is 36.1 Å². The first-order valence-electron chi connectivity index (χ1n) is 8.34. The second-order valence-electron chi connectivity index (χ2n) is 5.70. The molecule has 0 spiro atoms. The molecule has 0 saturated carbocycles. The van der Waals surface area contributed by atoms with E-state index in [4.69, 9.17) is 4.74 Å². The molecule has 4 heteroatoms. The Morgan fingerprint density at radius 3 is 2.48 bits per heavy atom. The fourth-order valence-corrected chi connectivity index (χ4v) is 2.34. The van der Waals surface area contributed by atoms with Crippen LogP contribution in [-0.4, -0.2) is 23.1 Å². The molecule has 0 aliphatic carbocycles. The second kappa shape index (κ2) is 9.59. The number of hydrogen-bond acceptors (Lipinski definition) is 4. The van der Waals surface area contributed by atoms with Crippen LogP contribution in [0.15, 0.2) is 0 Å². The molecule has 21 heavy (non-hydrogen) atoms. The van der Waals surface area contributed by atoms with Gasteiger partial charge in [0.1, 0.15) is 11.6 Å². The fourth-order valence-electron chi connectivity index (χ4n) is 2.34. The van der Waals surface area contributed by atoms with Gasteiger partial charge in [-0.1, -0.05) is 33.1 Å². The Morgan fingerprint density at radius 1 is 1.10 bits per heavy atom. The highest BCUT2D eigenvalue weighted by atomic mass is 16.5. The summed E-state index contributed by atoms with van der Waals surface area (Å²) in [5.74, 6) is 2.48. The van der Waals surface area contributed by atoms with Gasteiger partial charge in [0.2, 0.25) is 5.88 Å². The molecule has 1 heterocycles. The van der Waals surface area contributed by atoms with Crippen molar-refractivity contribution in [1.29, 1.82) is 0 Å². The minimum atomic E-state index is 0.203. The molecule has 4 nitrogen and oxygen atoms in total. The number of rotatable bonds is 10. The van der Waals surface area contributed by atoms with E-state index < -0.39 is 0 Å². The molecule has 1 rings (SSSR count). The Labute approximate surface area is 129 Å². The monoisotopic (exact) mass is 293 g/mol. The van der Waals surface area contributed by atoms with Gasteiger partial charge in [-0.3, -0.25) is 0 Å². The van der Waals surface area contributed by atoms with E-state index in [1.807, 2.05) is 14.0 Å². The summed E-state index contributed by atoms with van der Waals surface area (Å²) >= 11 is 0. The van der Waals surface area contributed by atoms with Crippen molar-refractivity contribution in [3.05, 3.63) is 11.4 Å². The highest BCUT2D eigenvalue weighted by molar-refractivity contribution is 5.48. The fraction of sp³-hybridized carbons (Fsp3) is 0.765. The maximum atomic E-state index is 6.06. The molecule has 0 saturated heterocycles. The van der Waals surface area contributed by atoms with Crippen molar-refractivity contribution in [3.63, 3.8) is 0 Å². The lowest BCUT2D eigenvalue weighted by Crippen LogP contribution is -2.15. The molecule has 0 fully saturated rings. The minimum absolute atomic E-state index is 0.203. The lowest BCUT2D eigenvalue weighted by molar-refractivity contribution is 0.196. The van der Waals surface area contributed by atoms with Crippen molar-refractivity contribution in [2.45, 2.75) is 78.7 Å². The zero-order valence-corrected chi connectivity index (χ0v) is 14.3. The number of aromatic nitrogens is 2. The van der Waals surface area contributed by atoms with Crippen molar-refractivity contribution >= 4 is 5.82 Å². The second-order valence-corrected chi connectivity index (χ2v) is 5.70. The van der Waals surface area contributed by atoms with E-state index in [1.54, 1.807) is 0 Å². The first-order valence-corrected chi connectivity index (χ1v) is 8.34. The van der Waals surface area contributed by atoms with Gasteiger partial charge < -0.3 is 10.1 Å². The molecule has 0 bridgehead atoms. The van der Waals surface area contributed by atoms with Gasteiger partial charge in [0, 0.05) is 13.5 Å². The van der Waals surface area contributed by atoms with Crippen LogP contribution in [0.25, 0.3) is 0 Å². The van der Waals surface area contributed by atoms with Gasteiger partial charge in [0.25, 0.3) is 0 Å². The first kappa shape index (κ1) is 17.7. The van der Waals surface area contributed by atoms with Crippen molar-refractivity contribution in [1.82, 2.24) is 9.97 Å². The number of anilines is 1. The maximum Gasteiger partial charge on any atom is 0.222 e. The van der Waals surface area contributed by atoms with Gasteiger partial charge in [-0.05, 0) is 33.1 Å². The first-order chi connectivity index (χ1) is 10.1. The predicted molar refractivity (Wildman–Crippen MR) is 89.2 cm³/mol. The summed E-state index contributed by atoms with van der Waals surface area (Å²) in [6, 6.07) is 0. The van der Waals surface area contributed by atoms with Gasteiger partial charge in [-0.2, -0.15) is 4.98 Å². The third-order valence-corrected chi connectivity index (χ3v) is 3.63. The number of ether oxygens (including phenoxy) is 1. The minimum Gasteiger partial charge on any atom is -0.474 e. The van der Waals surface area contributed by atoms with Crippen LogP contribution < -0.4 is 10.1 Å². The van der Waals surface area contributed by atoms with Gasteiger partial charge >= 0.3 is 0 Å². The lowest BCUT2D eigenvalue weighted by atomic mass is 10.1. The third-order valence-electron chi connectivity index (χ3n) is 3.63. The lowest BCUT2D eigenvalue weighted by Gasteiger charge is -2.17. The van der Waals surface area contributed by atoms with Crippen molar-refractivity contribution < 1.29 is 4.74 Å². The van der Waals surface area contributed by atoms with E-state index in [-0.39, 0.29) is 6.10 Å². The highest BCUT2D eigenvalue weighted by Crippen LogP contribution is 2.24. The summed E-state index contributed by atoms with van der Waals surface area (Å²) in [5, 5.41) is 3.14. The number of unbranched alkanes of at least 4 members (excludes halogenated alkanes) is 3.